The summed E-state index contributed by atoms with van der Waals surface area (Å²) in [5.41, 5.74) is 3.47. The van der Waals surface area contributed by atoms with E-state index in [0.717, 1.165) is 5.56 Å². The Hall–Kier alpha value is -5.13. The standard InChI is InChI=1S/C37H32BrN3O6S/c1-22-33(35(42)40-25-13-9-6-10-14-25)34(27-16-15-26(44-2)19-29(27)45-3)41-36(43)32(48-37(41)39-22)18-24-17-30(46-4)31(20-28(24)38)47-21-23-11-7-5-8-12-23/h5-20,34H,21H2,1-4H3,(H,40,42)/b32-18-/t34-/m0/s1. The first-order chi connectivity index (χ1) is 23.3. The predicted octanol–water partition coefficient (Wildman–Crippen LogP) is 6.24. The zero-order valence-corrected chi connectivity index (χ0v) is 29.1. The third kappa shape index (κ3) is 6.65. The lowest BCUT2D eigenvalue weighted by Gasteiger charge is -2.26. The number of allylic oxidation sites excluding steroid dienone is 1. The van der Waals surface area contributed by atoms with Gasteiger partial charge in [-0.05, 0) is 60.5 Å². The van der Waals surface area contributed by atoms with Gasteiger partial charge in [-0.2, -0.15) is 0 Å². The van der Waals surface area contributed by atoms with E-state index in [4.69, 9.17) is 23.9 Å². The third-order valence-electron chi connectivity index (χ3n) is 7.84. The number of hydrogen-bond donors (Lipinski definition) is 1. The van der Waals surface area contributed by atoms with E-state index in [1.807, 2.05) is 66.7 Å². The molecule has 244 valence electrons. The number of fused-ring (bicyclic) bond motifs is 1. The van der Waals surface area contributed by atoms with Crippen LogP contribution in [0.15, 0.2) is 117 Å². The minimum Gasteiger partial charge on any atom is -0.497 e. The fraction of sp³-hybridized carbons (Fsp3) is 0.162. The largest absolute Gasteiger partial charge is 0.497 e. The molecule has 9 nitrogen and oxygen atoms in total. The van der Waals surface area contributed by atoms with Crippen molar-refractivity contribution in [2.24, 2.45) is 4.99 Å². The highest BCUT2D eigenvalue weighted by Gasteiger charge is 2.34. The molecule has 6 rings (SSSR count). The van der Waals surface area contributed by atoms with Crippen molar-refractivity contribution < 1.29 is 23.7 Å². The molecule has 1 N–H and O–H groups in total. The summed E-state index contributed by atoms with van der Waals surface area (Å²) in [4.78, 5) is 33.5. The van der Waals surface area contributed by atoms with E-state index in [1.54, 1.807) is 63.2 Å². The van der Waals surface area contributed by atoms with Gasteiger partial charge in [-0.3, -0.25) is 14.2 Å². The Bertz CT molecular complexity index is 2200. The van der Waals surface area contributed by atoms with Crippen LogP contribution in [-0.4, -0.2) is 31.8 Å². The fourth-order valence-electron chi connectivity index (χ4n) is 5.48. The number of carbonyl (C=O) groups is 1. The van der Waals surface area contributed by atoms with Crippen LogP contribution in [-0.2, 0) is 11.4 Å². The van der Waals surface area contributed by atoms with Crippen LogP contribution in [0.2, 0.25) is 0 Å². The van der Waals surface area contributed by atoms with E-state index in [-0.39, 0.29) is 11.5 Å². The van der Waals surface area contributed by atoms with E-state index in [1.165, 1.54) is 11.3 Å². The molecule has 5 aromatic rings. The second kappa shape index (κ2) is 14.3. The third-order valence-corrected chi connectivity index (χ3v) is 9.51. The molecule has 11 heteroatoms. The maximum Gasteiger partial charge on any atom is 0.271 e. The highest BCUT2D eigenvalue weighted by atomic mass is 79.9. The summed E-state index contributed by atoms with van der Waals surface area (Å²) in [6.45, 7) is 2.14. The summed E-state index contributed by atoms with van der Waals surface area (Å²) in [6, 6.07) is 27.1. The SMILES string of the molecule is COc1ccc([C@H]2C(C(=O)Nc3ccccc3)=C(C)N=c3s/c(=C\c4cc(OC)c(OCc5ccccc5)cc4Br)c(=O)n32)c(OC)c1. The number of nitrogens with zero attached hydrogens (tertiary/aromatic N) is 2. The van der Waals surface area contributed by atoms with Crippen LogP contribution in [0.5, 0.6) is 23.0 Å². The van der Waals surface area contributed by atoms with Crippen LogP contribution in [0.25, 0.3) is 6.08 Å². The summed E-state index contributed by atoms with van der Waals surface area (Å²) in [5.74, 6) is 1.74. The van der Waals surface area contributed by atoms with Crippen LogP contribution in [0.3, 0.4) is 0 Å². The van der Waals surface area contributed by atoms with Gasteiger partial charge in [-0.25, -0.2) is 4.99 Å². The van der Waals surface area contributed by atoms with Crippen LogP contribution < -0.4 is 39.2 Å². The Kier molecular flexibility index (Phi) is 9.79. The number of aromatic nitrogens is 1. The van der Waals surface area contributed by atoms with E-state index < -0.39 is 6.04 Å². The van der Waals surface area contributed by atoms with Gasteiger partial charge in [0.15, 0.2) is 16.3 Å². The second-order valence-electron chi connectivity index (χ2n) is 10.8. The summed E-state index contributed by atoms with van der Waals surface area (Å²) in [5, 5.41) is 2.97. The number of anilines is 1. The lowest BCUT2D eigenvalue weighted by Crippen LogP contribution is -2.40. The highest BCUT2D eigenvalue weighted by Crippen LogP contribution is 2.38. The number of rotatable bonds is 10. The molecule has 0 aliphatic carbocycles. The van der Waals surface area contributed by atoms with Crippen molar-refractivity contribution in [1.82, 2.24) is 4.57 Å². The van der Waals surface area contributed by atoms with Crippen molar-refractivity contribution in [3.8, 4) is 23.0 Å². The number of thiazole rings is 1. The Balaban J connectivity index is 1.45. The molecule has 0 saturated carbocycles. The van der Waals surface area contributed by atoms with Gasteiger partial charge in [-0.15, -0.1) is 0 Å². The summed E-state index contributed by atoms with van der Waals surface area (Å²) in [6.07, 6.45) is 1.78. The summed E-state index contributed by atoms with van der Waals surface area (Å²) >= 11 is 4.89. The molecule has 0 unspecified atom stereocenters. The van der Waals surface area contributed by atoms with Crippen molar-refractivity contribution >= 4 is 44.9 Å². The van der Waals surface area contributed by atoms with Crippen molar-refractivity contribution in [3.63, 3.8) is 0 Å². The maximum absolute atomic E-state index is 14.3. The number of hydrogen-bond acceptors (Lipinski definition) is 8. The molecule has 1 aromatic heterocycles. The summed E-state index contributed by atoms with van der Waals surface area (Å²) < 4.78 is 25.6. The smallest absolute Gasteiger partial charge is 0.271 e. The topological polar surface area (TPSA) is 100 Å². The molecule has 0 fully saturated rings. The van der Waals surface area contributed by atoms with Gasteiger partial charge in [0.05, 0.1) is 37.1 Å². The monoisotopic (exact) mass is 725 g/mol. The number of methoxy groups -OCH3 is 3. The van der Waals surface area contributed by atoms with Gasteiger partial charge in [0.25, 0.3) is 11.5 Å². The van der Waals surface area contributed by atoms with Crippen molar-refractivity contribution in [3.05, 3.63) is 143 Å². The fourth-order valence-corrected chi connectivity index (χ4v) is 6.95. The van der Waals surface area contributed by atoms with Gasteiger partial charge in [0.2, 0.25) is 0 Å². The molecule has 1 aliphatic rings. The molecule has 0 saturated heterocycles. The van der Waals surface area contributed by atoms with Gasteiger partial charge in [-0.1, -0.05) is 75.8 Å². The molecule has 0 spiro atoms. The zero-order chi connectivity index (χ0) is 33.8. The van der Waals surface area contributed by atoms with Crippen molar-refractivity contribution in [2.45, 2.75) is 19.6 Å². The molecule has 2 heterocycles. The average molecular weight is 727 g/mol. The predicted molar refractivity (Wildman–Crippen MR) is 190 cm³/mol. The first-order valence-corrected chi connectivity index (χ1v) is 16.6. The van der Waals surface area contributed by atoms with Gasteiger partial charge >= 0.3 is 0 Å². The van der Waals surface area contributed by atoms with Gasteiger partial charge < -0.3 is 24.3 Å². The number of amides is 1. The van der Waals surface area contributed by atoms with Crippen molar-refractivity contribution in [2.75, 3.05) is 26.6 Å². The van der Waals surface area contributed by atoms with Gasteiger partial charge in [0.1, 0.15) is 24.1 Å². The molecule has 4 aromatic carbocycles. The van der Waals surface area contributed by atoms with E-state index in [2.05, 4.69) is 21.2 Å². The minimum atomic E-state index is -0.834. The minimum absolute atomic E-state index is 0.311. The van der Waals surface area contributed by atoms with Crippen LogP contribution in [0.4, 0.5) is 5.69 Å². The molecular formula is C37H32BrN3O6S. The van der Waals surface area contributed by atoms with Gasteiger partial charge in [0, 0.05) is 21.8 Å². The number of benzene rings is 4. The normalized spacial score (nSPS) is 14.2. The summed E-state index contributed by atoms with van der Waals surface area (Å²) in [7, 11) is 4.68. The molecule has 1 amide bonds. The molecule has 0 bridgehead atoms. The maximum atomic E-state index is 14.3. The molecule has 1 atom stereocenters. The lowest BCUT2D eigenvalue weighted by molar-refractivity contribution is -0.113. The number of nitrogens with one attached hydrogen (secondary N) is 1. The molecular weight excluding hydrogens is 694 g/mol. The number of ether oxygens (including phenoxy) is 4. The first-order valence-electron chi connectivity index (χ1n) is 15.0. The van der Waals surface area contributed by atoms with E-state index in [0.29, 0.717) is 71.5 Å². The Morgan fingerprint density at radius 2 is 1.62 bits per heavy atom. The number of halogens is 1. The quantitative estimate of drug-likeness (QED) is 0.183. The van der Waals surface area contributed by atoms with Crippen molar-refractivity contribution in [1.29, 1.82) is 0 Å². The average Bonchev–Trinajstić information content (AvgIpc) is 3.41. The van der Waals surface area contributed by atoms with E-state index in [9.17, 15) is 9.59 Å². The highest BCUT2D eigenvalue weighted by molar-refractivity contribution is 9.10. The van der Waals surface area contributed by atoms with Crippen LogP contribution >= 0.6 is 27.3 Å². The Morgan fingerprint density at radius 3 is 2.31 bits per heavy atom. The lowest BCUT2D eigenvalue weighted by atomic mass is 9.94. The second-order valence-corrected chi connectivity index (χ2v) is 12.7. The molecule has 48 heavy (non-hydrogen) atoms. The van der Waals surface area contributed by atoms with E-state index >= 15 is 0 Å². The zero-order valence-electron chi connectivity index (χ0n) is 26.7. The first kappa shape index (κ1) is 32.8. The Labute approximate surface area is 289 Å². The van der Waals surface area contributed by atoms with Crippen LogP contribution in [0.1, 0.15) is 29.7 Å². The Morgan fingerprint density at radius 1 is 0.917 bits per heavy atom. The molecule has 1 aliphatic heterocycles. The number of para-hydroxylation sites is 1. The van der Waals surface area contributed by atoms with Crippen LogP contribution in [0, 0.1) is 0 Å². The molecule has 0 radical (unpaired) electrons. The number of carbonyl (C=O) groups excluding carboxylic acids is 1.